The van der Waals surface area contributed by atoms with E-state index in [2.05, 4.69) is 18.7 Å². The summed E-state index contributed by atoms with van der Waals surface area (Å²) in [4.78, 5) is 10.6. The molecule has 0 bridgehead atoms. The van der Waals surface area contributed by atoms with Gasteiger partial charge in [0.15, 0.2) is 0 Å². The standard InChI is InChI=1S/C12H21OS/c1-11(13)7-5-6-10-14-12-8-3-2-4-9-12/h12H,1-10H2/q+1. The molecule has 1 aliphatic rings. The Bertz CT molecular complexity index is 162. The van der Waals surface area contributed by atoms with Crippen LogP contribution in [0.4, 0.5) is 0 Å². The molecule has 1 rings (SSSR count). The third-order valence-electron chi connectivity index (χ3n) is 2.76. The number of thioether (sulfide) groups is 1. The lowest BCUT2D eigenvalue weighted by atomic mass is 10.0. The second kappa shape index (κ2) is 7.22. The SMILES string of the molecule is [CH2+]C(=O)CCCCSC1CCCCC1. The Kier molecular flexibility index (Phi) is 6.17. The highest BCUT2D eigenvalue weighted by atomic mass is 32.2. The minimum absolute atomic E-state index is 0.0904. The summed E-state index contributed by atoms with van der Waals surface area (Å²) in [6.45, 7) is 3.38. The largest absolute Gasteiger partial charge is 0.303 e. The van der Waals surface area contributed by atoms with Gasteiger partial charge < -0.3 is 0 Å². The Balaban J connectivity index is 1.90. The molecule has 0 aromatic heterocycles. The molecule has 0 amide bonds. The molecule has 0 spiro atoms. The third-order valence-corrected chi connectivity index (χ3v) is 4.22. The van der Waals surface area contributed by atoms with E-state index in [1.807, 2.05) is 0 Å². The molecule has 14 heavy (non-hydrogen) atoms. The summed E-state index contributed by atoms with van der Waals surface area (Å²) in [6, 6.07) is 0. The minimum Gasteiger partial charge on any atom is -0.244 e. The van der Waals surface area contributed by atoms with E-state index in [4.69, 9.17) is 0 Å². The van der Waals surface area contributed by atoms with Crippen LogP contribution in [-0.2, 0) is 4.79 Å². The van der Waals surface area contributed by atoms with E-state index in [1.54, 1.807) is 0 Å². The van der Waals surface area contributed by atoms with Crippen LogP contribution in [0.2, 0.25) is 0 Å². The van der Waals surface area contributed by atoms with E-state index in [0.717, 1.165) is 11.7 Å². The molecule has 2 heteroatoms. The van der Waals surface area contributed by atoms with E-state index < -0.39 is 0 Å². The van der Waals surface area contributed by atoms with Crippen molar-refractivity contribution in [3.8, 4) is 0 Å². The molecule has 0 unspecified atom stereocenters. The summed E-state index contributed by atoms with van der Waals surface area (Å²) in [6.07, 6.45) is 10.0. The molecule has 0 aromatic rings. The number of Topliss-reactive ketones (excluding diaryl/α,β-unsaturated/α-hetero) is 1. The molecule has 0 radical (unpaired) electrons. The fourth-order valence-corrected chi connectivity index (χ4v) is 3.28. The first-order valence-electron chi connectivity index (χ1n) is 5.75. The van der Waals surface area contributed by atoms with Crippen LogP contribution >= 0.6 is 11.8 Å². The van der Waals surface area contributed by atoms with Gasteiger partial charge in [-0.3, -0.25) is 0 Å². The maximum absolute atomic E-state index is 10.6. The van der Waals surface area contributed by atoms with Crippen molar-refractivity contribution in [3.05, 3.63) is 6.92 Å². The summed E-state index contributed by atoms with van der Waals surface area (Å²) in [5, 5.41) is 0.916. The summed E-state index contributed by atoms with van der Waals surface area (Å²) >= 11 is 2.12. The monoisotopic (exact) mass is 213 g/mol. The summed E-state index contributed by atoms with van der Waals surface area (Å²) in [5.74, 6) is 1.32. The average Bonchev–Trinajstić information content (AvgIpc) is 2.18. The molecular formula is C12H21OS+. The Labute approximate surface area is 92.0 Å². The van der Waals surface area contributed by atoms with E-state index in [0.29, 0.717) is 6.42 Å². The number of carbonyl (C=O) groups is 1. The number of rotatable bonds is 6. The van der Waals surface area contributed by atoms with Gasteiger partial charge in [0, 0.05) is 5.25 Å². The first-order chi connectivity index (χ1) is 6.79. The summed E-state index contributed by atoms with van der Waals surface area (Å²) < 4.78 is 0. The van der Waals surface area contributed by atoms with E-state index in [1.165, 1.54) is 44.3 Å². The second-order valence-electron chi connectivity index (χ2n) is 4.13. The molecule has 1 saturated carbocycles. The first kappa shape index (κ1) is 12.0. The highest BCUT2D eigenvalue weighted by molar-refractivity contribution is 7.99. The lowest BCUT2D eigenvalue weighted by Crippen LogP contribution is -2.08. The molecule has 0 aromatic carbocycles. The molecule has 0 saturated heterocycles. The van der Waals surface area contributed by atoms with Crippen LogP contribution < -0.4 is 0 Å². The van der Waals surface area contributed by atoms with Crippen molar-refractivity contribution in [1.29, 1.82) is 0 Å². The quantitative estimate of drug-likeness (QED) is 0.495. The summed E-state index contributed by atoms with van der Waals surface area (Å²) in [5.41, 5.74) is 0. The van der Waals surface area contributed by atoms with Crippen molar-refractivity contribution >= 4 is 17.5 Å². The second-order valence-corrected chi connectivity index (χ2v) is 5.53. The van der Waals surface area contributed by atoms with Crippen molar-refractivity contribution < 1.29 is 4.79 Å². The van der Waals surface area contributed by atoms with Crippen molar-refractivity contribution in [2.75, 3.05) is 5.75 Å². The normalized spacial score (nSPS) is 18.3. The van der Waals surface area contributed by atoms with E-state index in [9.17, 15) is 4.79 Å². The molecule has 80 valence electrons. The molecular weight excluding hydrogens is 192 g/mol. The molecule has 1 nitrogen and oxygen atoms in total. The van der Waals surface area contributed by atoms with Crippen molar-refractivity contribution in [2.24, 2.45) is 0 Å². The van der Waals surface area contributed by atoms with Gasteiger partial charge in [-0.15, -0.1) is 0 Å². The zero-order chi connectivity index (χ0) is 10.2. The van der Waals surface area contributed by atoms with Crippen LogP contribution in [0.5, 0.6) is 0 Å². The third kappa shape index (κ3) is 5.58. The van der Waals surface area contributed by atoms with Gasteiger partial charge in [-0.25, -0.2) is 4.79 Å². The van der Waals surface area contributed by atoms with Gasteiger partial charge in [0.1, 0.15) is 6.92 Å². The fraction of sp³-hybridized carbons (Fsp3) is 0.833. The maximum atomic E-state index is 10.6. The van der Waals surface area contributed by atoms with Crippen molar-refractivity contribution in [3.63, 3.8) is 0 Å². The Morgan fingerprint density at radius 2 is 1.93 bits per heavy atom. The van der Waals surface area contributed by atoms with Crippen LogP contribution in [0.25, 0.3) is 0 Å². The Hall–Kier alpha value is -0.110. The number of ketones is 1. The summed E-state index contributed by atoms with van der Waals surface area (Å²) in [7, 11) is 0. The van der Waals surface area contributed by atoms with Crippen molar-refractivity contribution in [1.82, 2.24) is 0 Å². The number of hydrogen-bond acceptors (Lipinski definition) is 2. The topological polar surface area (TPSA) is 17.1 Å². The molecule has 0 N–H and O–H groups in total. The predicted octanol–water partition coefficient (Wildman–Crippen LogP) is 3.63. The average molecular weight is 213 g/mol. The van der Waals surface area contributed by atoms with Gasteiger partial charge in [-0.1, -0.05) is 19.3 Å². The van der Waals surface area contributed by atoms with Gasteiger partial charge >= 0.3 is 5.78 Å². The van der Waals surface area contributed by atoms with Gasteiger partial charge in [-0.05, 0) is 31.4 Å². The lowest BCUT2D eigenvalue weighted by Gasteiger charge is -2.20. The molecule has 0 atom stereocenters. The number of hydrogen-bond donors (Lipinski definition) is 0. The highest BCUT2D eigenvalue weighted by Crippen LogP contribution is 2.28. The van der Waals surface area contributed by atoms with Gasteiger partial charge in [0.25, 0.3) is 0 Å². The van der Waals surface area contributed by atoms with Crippen LogP contribution in [0, 0.1) is 6.92 Å². The van der Waals surface area contributed by atoms with E-state index >= 15 is 0 Å². The van der Waals surface area contributed by atoms with Gasteiger partial charge in [0.2, 0.25) is 0 Å². The molecule has 0 heterocycles. The van der Waals surface area contributed by atoms with Crippen LogP contribution in [-0.4, -0.2) is 16.8 Å². The first-order valence-corrected chi connectivity index (χ1v) is 6.80. The lowest BCUT2D eigenvalue weighted by molar-refractivity contribution is -0.114. The minimum atomic E-state index is 0.0904. The predicted molar refractivity (Wildman–Crippen MR) is 63.5 cm³/mol. The van der Waals surface area contributed by atoms with E-state index in [-0.39, 0.29) is 5.78 Å². The zero-order valence-electron chi connectivity index (χ0n) is 8.96. The van der Waals surface area contributed by atoms with Gasteiger partial charge in [-0.2, -0.15) is 11.8 Å². The number of unbranched alkanes of at least 4 members (excludes halogenated alkanes) is 1. The molecule has 1 aliphatic carbocycles. The fourth-order valence-electron chi connectivity index (χ4n) is 1.91. The van der Waals surface area contributed by atoms with Crippen LogP contribution in [0.1, 0.15) is 51.4 Å². The Morgan fingerprint density at radius 3 is 2.57 bits per heavy atom. The highest BCUT2D eigenvalue weighted by Gasteiger charge is 2.12. The molecule has 1 fully saturated rings. The van der Waals surface area contributed by atoms with Crippen molar-refractivity contribution in [2.45, 2.75) is 56.6 Å². The maximum Gasteiger partial charge on any atom is 0.303 e. The zero-order valence-corrected chi connectivity index (χ0v) is 9.78. The number of carbonyl (C=O) groups excluding carboxylic acids is 1. The Morgan fingerprint density at radius 1 is 1.21 bits per heavy atom. The molecule has 0 aliphatic heterocycles. The smallest absolute Gasteiger partial charge is 0.244 e. The van der Waals surface area contributed by atoms with Gasteiger partial charge in [0.05, 0.1) is 6.42 Å². The van der Waals surface area contributed by atoms with Crippen LogP contribution in [0.15, 0.2) is 0 Å². The van der Waals surface area contributed by atoms with Crippen LogP contribution in [0.3, 0.4) is 0 Å².